The van der Waals surface area contributed by atoms with Crippen molar-refractivity contribution in [2.45, 2.75) is 18.6 Å². The highest BCUT2D eigenvalue weighted by atomic mass is 32.2. The van der Waals surface area contributed by atoms with Crippen molar-refractivity contribution in [2.75, 3.05) is 7.11 Å². The molecule has 1 heterocycles. The molecular formula is C18H18N2O2S. The molecule has 1 fully saturated rings. The van der Waals surface area contributed by atoms with Crippen molar-refractivity contribution in [3.63, 3.8) is 0 Å². The summed E-state index contributed by atoms with van der Waals surface area (Å²) in [5.74, 6) is 0.829. The highest BCUT2D eigenvalue weighted by Gasteiger charge is 2.30. The van der Waals surface area contributed by atoms with Gasteiger partial charge in [-0.2, -0.15) is 0 Å². The molecule has 3 rings (SSSR count). The average molecular weight is 326 g/mol. The van der Waals surface area contributed by atoms with E-state index in [1.54, 1.807) is 7.11 Å². The summed E-state index contributed by atoms with van der Waals surface area (Å²) in [5.41, 5.74) is 3.15. The van der Waals surface area contributed by atoms with Gasteiger partial charge in [0.15, 0.2) is 5.17 Å². The summed E-state index contributed by atoms with van der Waals surface area (Å²) in [5, 5.41) is 3.38. The second-order valence-corrected chi connectivity index (χ2v) is 6.59. The van der Waals surface area contributed by atoms with Crippen LogP contribution in [0.25, 0.3) is 0 Å². The predicted molar refractivity (Wildman–Crippen MR) is 94.5 cm³/mol. The lowest BCUT2D eigenvalue weighted by Crippen LogP contribution is -2.25. The molecule has 118 valence electrons. The van der Waals surface area contributed by atoms with Gasteiger partial charge in [-0.15, -0.1) is 0 Å². The number of aryl methyl sites for hydroxylation is 1. The van der Waals surface area contributed by atoms with Crippen molar-refractivity contribution in [2.24, 2.45) is 4.99 Å². The number of ether oxygens (including phenoxy) is 1. The fourth-order valence-electron chi connectivity index (χ4n) is 2.30. The Balaban J connectivity index is 1.68. The van der Waals surface area contributed by atoms with E-state index in [-0.39, 0.29) is 11.2 Å². The lowest BCUT2D eigenvalue weighted by Gasteiger charge is -2.06. The van der Waals surface area contributed by atoms with Gasteiger partial charge in [-0.25, -0.2) is 4.99 Å². The van der Waals surface area contributed by atoms with Crippen molar-refractivity contribution >= 4 is 28.5 Å². The molecule has 2 aromatic rings. The van der Waals surface area contributed by atoms with E-state index < -0.39 is 0 Å². The number of carbonyl (C=O) groups excluding carboxylic acids is 1. The summed E-state index contributed by atoms with van der Waals surface area (Å²) in [6.45, 7) is 2.04. The molecule has 0 bridgehead atoms. The minimum Gasteiger partial charge on any atom is -0.497 e. The summed E-state index contributed by atoms with van der Waals surface area (Å²) in [6.07, 6.45) is 0.674. The number of amidine groups is 1. The van der Waals surface area contributed by atoms with Crippen molar-refractivity contribution in [3.05, 3.63) is 59.7 Å². The van der Waals surface area contributed by atoms with Gasteiger partial charge in [0, 0.05) is 0 Å². The standard InChI is InChI=1S/C18H18N2O2S/c1-12-3-7-14(8-4-12)19-18-20-17(21)16(23-18)11-13-5-9-15(22-2)10-6-13/h3-10,16H,11H2,1-2H3,(H,19,20,21)/t16-/m1/s1. The van der Waals surface area contributed by atoms with E-state index in [1.165, 1.54) is 17.3 Å². The molecule has 0 saturated carbocycles. The zero-order valence-corrected chi connectivity index (χ0v) is 13.9. The Hall–Kier alpha value is -2.27. The van der Waals surface area contributed by atoms with E-state index >= 15 is 0 Å². The monoisotopic (exact) mass is 326 g/mol. The van der Waals surface area contributed by atoms with Gasteiger partial charge in [0.2, 0.25) is 5.91 Å². The number of methoxy groups -OCH3 is 1. The number of amides is 1. The van der Waals surface area contributed by atoms with E-state index in [0.717, 1.165) is 17.0 Å². The third-order valence-corrected chi connectivity index (χ3v) is 4.70. The molecule has 23 heavy (non-hydrogen) atoms. The maximum absolute atomic E-state index is 12.1. The second kappa shape index (κ2) is 6.87. The van der Waals surface area contributed by atoms with E-state index in [1.807, 2.05) is 55.5 Å². The van der Waals surface area contributed by atoms with Crippen LogP contribution in [0.3, 0.4) is 0 Å². The SMILES string of the molecule is COc1ccc(C[C@H]2SC(=Nc3ccc(C)cc3)NC2=O)cc1. The van der Waals surface area contributed by atoms with Gasteiger partial charge >= 0.3 is 0 Å². The molecule has 5 heteroatoms. The van der Waals surface area contributed by atoms with Gasteiger partial charge in [0.25, 0.3) is 0 Å². The molecule has 0 aliphatic carbocycles. The maximum atomic E-state index is 12.1. The highest BCUT2D eigenvalue weighted by molar-refractivity contribution is 8.15. The molecule has 0 aromatic heterocycles. The van der Waals surface area contributed by atoms with E-state index in [4.69, 9.17) is 4.74 Å². The second-order valence-electron chi connectivity index (χ2n) is 5.40. The first kappa shape index (κ1) is 15.6. The number of rotatable bonds is 4. The van der Waals surface area contributed by atoms with Gasteiger partial charge in [-0.05, 0) is 43.2 Å². The van der Waals surface area contributed by atoms with Crippen molar-refractivity contribution < 1.29 is 9.53 Å². The Kier molecular flexibility index (Phi) is 4.67. The predicted octanol–water partition coefficient (Wildman–Crippen LogP) is 3.47. The molecule has 1 amide bonds. The van der Waals surface area contributed by atoms with Crippen molar-refractivity contribution in [3.8, 4) is 5.75 Å². The van der Waals surface area contributed by atoms with Crippen LogP contribution in [-0.2, 0) is 11.2 Å². The molecule has 1 saturated heterocycles. The van der Waals surface area contributed by atoms with Crippen LogP contribution in [-0.4, -0.2) is 23.4 Å². The number of aliphatic imine (C=N–C) groups is 1. The first-order chi connectivity index (χ1) is 11.1. The molecule has 4 nitrogen and oxygen atoms in total. The normalized spacial score (nSPS) is 19.0. The van der Waals surface area contributed by atoms with Gasteiger partial charge in [-0.3, -0.25) is 4.79 Å². The summed E-state index contributed by atoms with van der Waals surface area (Å²) in [7, 11) is 1.64. The number of nitrogens with zero attached hydrogens (tertiary/aromatic N) is 1. The third kappa shape index (κ3) is 3.93. The molecule has 1 atom stereocenters. The van der Waals surface area contributed by atoms with Crippen LogP contribution in [0, 0.1) is 6.92 Å². The van der Waals surface area contributed by atoms with Crippen molar-refractivity contribution in [1.29, 1.82) is 0 Å². The molecule has 0 radical (unpaired) electrons. The van der Waals surface area contributed by atoms with Crippen LogP contribution in [0.5, 0.6) is 5.75 Å². The summed E-state index contributed by atoms with van der Waals surface area (Å²) < 4.78 is 5.15. The zero-order chi connectivity index (χ0) is 16.2. The molecule has 1 aliphatic heterocycles. The van der Waals surface area contributed by atoms with Crippen LogP contribution in [0.1, 0.15) is 11.1 Å². The molecule has 0 unspecified atom stereocenters. The summed E-state index contributed by atoms with van der Waals surface area (Å²) in [6, 6.07) is 15.7. The molecule has 0 spiro atoms. The average Bonchev–Trinajstić information content (AvgIpc) is 2.90. The van der Waals surface area contributed by atoms with Gasteiger partial charge in [0.1, 0.15) is 5.75 Å². The molecule has 1 N–H and O–H groups in total. The minimum atomic E-state index is -0.146. The first-order valence-corrected chi connectivity index (χ1v) is 8.28. The lowest BCUT2D eigenvalue weighted by molar-refractivity contribution is -0.118. The van der Waals surface area contributed by atoms with Crippen molar-refractivity contribution in [1.82, 2.24) is 5.32 Å². The Morgan fingerprint density at radius 3 is 2.48 bits per heavy atom. The van der Waals surface area contributed by atoms with Crippen LogP contribution in [0.2, 0.25) is 0 Å². The smallest absolute Gasteiger partial charge is 0.239 e. The number of hydrogen-bond acceptors (Lipinski definition) is 4. The van der Waals surface area contributed by atoms with E-state index in [2.05, 4.69) is 10.3 Å². The minimum absolute atomic E-state index is 0.0108. The quantitative estimate of drug-likeness (QED) is 0.936. The summed E-state index contributed by atoms with van der Waals surface area (Å²) in [4.78, 5) is 16.6. The van der Waals surface area contributed by atoms with Gasteiger partial charge in [-0.1, -0.05) is 41.6 Å². The van der Waals surface area contributed by atoms with E-state index in [0.29, 0.717) is 11.6 Å². The number of carbonyl (C=O) groups is 1. The fraction of sp³-hybridized carbons (Fsp3) is 0.222. The highest BCUT2D eigenvalue weighted by Crippen LogP contribution is 2.26. The van der Waals surface area contributed by atoms with Gasteiger partial charge < -0.3 is 10.1 Å². The van der Waals surface area contributed by atoms with Crippen LogP contribution in [0.15, 0.2) is 53.5 Å². The lowest BCUT2D eigenvalue weighted by atomic mass is 10.1. The summed E-state index contributed by atoms with van der Waals surface area (Å²) >= 11 is 1.48. The number of nitrogens with one attached hydrogen (secondary N) is 1. The van der Waals surface area contributed by atoms with Gasteiger partial charge in [0.05, 0.1) is 18.0 Å². The molecular weight excluding hydrogens is 308 g/mol. The Labute approximate surface area is 140 Å². The Morgan fingerprint density at radius 2 is 1.83 bits per heavy atom. The zero-order valence-electron chi connectivity index (χ0n) is 13.1. The fourth-order valence-corrected chi connectivity index (χ4v) is 3.33. The molecule has 1 aliphatic rings. The molecule has 2 aromatic carbocycles. The largest absolute Gasteiger partial charge is 0.497 e. The van der Waals surface area contributed by atoms with Crippen LogP contribution < -0.4 is 10.1 Å². The Bertz CT molecular complexity index is 724. The first-order valence-electron chi connectivity index (χ1n) is 7.40. The topological polar surface area (TPSA) is 50.7 Å². The maximum Gasteiger partial charge on any atom is 0.239 e. The number of hydrogen-bond donors (Lipinski definition) is 1. The number of thioether (sulfide) groups is 1. The number of benzene rings is 2. The van der Waals surface area contributed by atoms with E-state index in [9.17, 15) is 4.79 Å². The van der Waals surface area contributed by atoms with Crippen LogP contribution >= 0.6 is 11.8 Å². The third-order valence-electron chi connectivity index (χ3n) is 3.62. The van der Waals surface area contributed by atoms with Crippen LogP contribution in [0.4, 0.5) is 5.69 Å². The Morgan fingerprint density at radius 1 is 1.13 bits per heavy atom.